The molecule has 1 aromatic rings. The Morgan fingerprint density at radius 3 is 1.89 bits per heavy atom. The molecule has 0 spiro atoms. The predicted octanol–water partition coefficient (Wildman–Crippen LogP) is 2.49. The lowest BCUT2D eigenvalue weighted by Gasteiger charge is -2.16. The summed E-state index contributed by atoms with van der Waals surface area (Å²) < 4.78 is 27.1. The highest BCUT2D eigenvalue weighted by atomic mass is 16.6. The maximum atomic E-state index is 10.3. The van der Waals surface area contributed by atoms with Crippen molar-refractivity contribution >= 4 is 5.97 Å². The van der Waals surface area contributed by atoms with Crippen LogP contribution in [0.25, 0.3) is 0 Å². The zero-order valence-corrected chi connectivity index (χ0v) is 16.5. The third-order valence-electron chi connectivity index (χ3n) is 4.39. The molecule has 7 heteroatoms. The summed E-state index contributed by atoms with van der Waals surface area (Å²) in [7, 11) is 0. The first-order chi connectivity index (χ1) is 13.8. The molecule has 1 aliphatic carbocycles. The number of benzene rings is 1. The zero-order chi connectivity index (χ0) is 19.9. The van der Waals surface area contributed by atoms with Crippen molar-refractivity contribution in [2.75, 3.05) is 59.5 Å². The summed E-state index contributed by atoms with van der Waals surface area (Å²) in [6.07, 6.45) is 4.91. The van der Waals surface area contributed by atoms with E-state index in [4.69, 9.17) is 28.8 Å². The number of rotatable bonds is 16. The Hall–Kier alpha value is -1.67. The molecule has 0 saturated heterocycles. The number of hydrogen-bond acceptors (Lipinski definition) is 6. The van der Waals surface area contributed by atoms with Crippen LogP contribution in [0.4, 0.5) is 0 Å². The average Bonchev–Trinajstić information content (AvgIpc) is 2.70. The molecule has 0 fully saturated rings. The minimum absolute atomic E-state index is 0.0153. The smallest absolute Gasteiger partial charge is 0.305 e. The Labute approximate surface area is 166 Å². The summed E-state index contributed by atoms with van der Waals surface area (Å²) >= 11 is 0. The first kappa shape index (κ1) is 22.6. The molecule has 0 saturated carbocycles. The van der Waals surface area contributed by atoms with Crippen LogP contribution in [0.5, 0.6) is 5.75 Å². The maximum Gasteiger partial charge on any atom is 0.305 e. The van der Waals surface area contributed by atoms with E-state index in [1.54, 1.807) is 0 Å². The predicted molar refractivity (Wildman–Crippen MR) is 104 cm³/mol. The van der Waals surface area contributed by atoms with E-state index in [0.29, 0.717) is 52.9 Å². The van der Waals surface area contributed by atoms with Crippen LogP contribution >= 0.6 is 0 Å². The van der Waals surface area contributed by atoms with Crippen LogP contribution in [-0.2, 0) is 36.6 Å². The molecule has 0 bridgehead atoms. The maximum absolute atomic E-state index is 10.3. The van der Waals surface area contributed by atoms with Crippen molar-refractivity contribution < 1.29 is 33.6 Å². The lowest BCUT2D eigenvalue weighted by atomic mass is 9.92. The number of carboxylic acids is 1. The standard InChI is InChI=1S/C21H32O7/c22-21(23)7-8-24-9-10-25-11-12-26-13-14-27-15-16-28-20-6-5-18-3-1-2-4-19(18)17-20/h5-6,17H,1-4,7-16H2,(H,22,23). The molecule has 28 heavy (non-hydrogen) atoms. The first-order valence-corrected chi connectivity index (χ1v) is 10.0. The van der Waals surface area contributed by atoms with Crippen molar-refractivity contribution in [2.45, 2.75) is 32.1 Å². The summed E-state index contributed by atoms with van der Waals surface area (Å²) in [5, 5.41) is 8.45. The Balaban J connectivity index is 1.34. The molecule has 0 unspecified atom stereocenters. The van der Waals surface area contributed by atoms with E-state index in [1.165, 1.54) is 30.4 Å². The molecular weight excluding hydrogens is 364 g/mol. The van der Waals surface area contributed by atoms with E-state index in [2.05, 4.69) is 12.1 Å². The molecular formula is C21H32O7. The molecule has 1 N–H and O–H groups in total. The van der Waals surface area contributed by atoms with Crippen LogP contribution in [0.15, 0.2) is 18.2 Å². The van der Waals surface area contributed by atoms with Gasteiger partial charge in [0.1, 0.15) is 12.4 Å². The summed E-state index contributed by atoms with van der Waals surface area (Å²) in [5.74, 6) is 0.0614. The van der Waals surface area contributed by atoms with Crippen LogP contribution in [0.3, 0.4) is 0 Å². The fourth-order valence-electron chi connectivity index (χ4n) is 2.94. The Morgan fingerprint density at radius 1 is 0.750 bits per heavy atom. The summed E-state index contributed by atoms with van der Waals surface area (Å²) in [4.78, 5) is 10.3. The molecule has 158 valence electrons. The minimum Gasteiger partial charge on any atom is -0.491 e. The highest BCUT2D eigenvalue weighted by molar-refractivity contribution is 5.66. The average molecular weight is 396 g/mol. The van der Waals surface area contributed by atoms with Gasteiger partial charge in [0.05, 0.1) is 59.3 Å². The molecule has 0 aromatic heterocycles. The topological polar surface area (TPSA) is 83.5 Å². The van der Waals surface area contributed by atoms with Gasteiger partial charge in [0, 0.05) is 0 Å². The van der Waals surface area contributed by atoms with E-state index < -0.39 is 5.97 Å². The van der Waals surface area contributed by atoms with Gasteiger partial charge in [-0.25, -0.2) is 0 Å². The molecule has 7 nitrogen and oxygen atoms in total. The third-order valence-corrected chi connectivity index (χ3v) is 4.39. The van der Waals surface area contributed by atoms with Gasteiger partial charge in [-0.2, -0.15) is 0 Å². The van der Waals surface area contributed by atoms with Gasteiger partial charge in [0.2, 0.25) is 0 Å². The highest BCUT2D eigenvalue weighted by Crippen LogP contribution is 2.25. The van der Waals surface area contributed by atoms with E-state index in [0.717, 1.165) is 12.2 Å². The number of hydrogen-bond donors (Lipinski definition) is 1. The van der Waals surface area contributed by atoms with Crippen molar-refractivity contribution in [1.29, 1.82) is 0 Å². The summed E-state index contributed by atoms with van der Waals surface area (Å²) in [5.41, 5.74) is 2.88. The van der Waals surface area contributed by atoms with E-state index in [9.17, 15) is 4.79 Å². The second kappa shape index (κ2) is 14.3. The van der Waals surface area contributed by atoms with Crippen LogP contribution < -0.4 is 4.74 Å². The van der Waals surface area contributed by atoms with E-state index >= 15 is 0 Å². The third kappa shape index (κ3) is 10.0. The Bertz CT molecular complexity index is 562. The highest BCUT2D eigenvalue weighted by Gasteiger charge is 2.09. The molecule has 2 rings (SSSR count). The molecule has 0 aliphatic heterocycles. The summed E-state index contributed by atoms with van der Waals surface area (Å²) in [6, 6.07) is 6.39. The molecule has 0 radical (unpaired) electrons. The van der Waals surface area contributed by atoms with Gasteiger partial charge in [-0.05, 0) is 48.9 Å². The van der Waals surface area contributed by atoms with Crippen LogP contribution in [-0.4, -0.2) is 70.5 Å². The summed E-state index contributed by atoms with van der Waals surface area (Å²) in [6.45, 7) is 4.09. The molecule has 0 amide bonds. The fourth-order valence-corrected chi connectivity index (χ4v) is 2.94. The van der Waals surface area contributed by atoms with Crippen LogP contribution in [0, 0.1) is 0 Å². The second-order valence-electron chi connectivity index (χ2n) is 6.58. The van der Waals surface area contributed by atoms with Crippen molar-refractivity contribution in [2.24, 2.45) is 0 Å². The van der Waals surface area contributed by atoms with Gasteiger partial charge in [-0.15, -0.1) is 0 Å². The van der Waals surface area contributed by atoms with E-state index in [-0.39, 0.29) is 13.0 Å². The van der Waals surface area contributed by atoms with Crippen molar-refractivity contribution in [3.8, 4) is 5.75 Å². The van der Waals surface area contributed by atoms with Crippen molar-refractivity contribution in [3.05, 3.63) is 29.3 Å². The number of carboxylic acid groups (broad SMARTS) is 1. The van der Waals surface area contributed by atoms with Gasteiger partial charge >= 0.3 is 5.97 Å². The second-order valence-corrected chi connectivity index (χ2v) is 6.58. The van der Waals surface area contributed by atoms with Crippen molar-refractivity contribution in [1.82, 2.24) is 0 Å². The number of aliphatic carboxylic acids is 1. The van der Waals surface area contributed by atoms with Gasteiger partial charge in [0.25, 0.3) is 0 Å². The minimum atomic E-state index is -0.860. The van der Waals surface area contributed by atoms with Crippen LogP contribution in [0.1, 0.15) is 30.4 Å². The zero-order valence-electron chi connectivity index (χ0n) is 16.5. The van der Waals surface area contributed by atoms with Crippen molar-refractivity contribution in [3.63, 3.8) is 0 Å². The number of carbonyl (C=O) groups is 1. The Morgan fingerprint density at radius 2 is 1.29 bits per heavy atom. The fraction of sp³-hybridized carbons (Fsp3) is 0.667. The molecule has 1 aromatic carbocycles. The lowest BCUT2D eigenvalue weighted by Crippen LogP contribution is -2.14. The Kier molecular flexibility index (Phi) is 11.6. The van der Waals surface area contributed by atoms with Crippen LogP contribution in [0.2, 0.25) is 0 Å². The first-order valence-electron chi connectivity index (χ1n) is 10.0. The number of ether oxygens (including phenoxy) is 5. The van der Waals surface area contributed by atoms with Gasteiger partial charge in [0.15, 0.2) is 0 Å². The monoisotopic (exact) mass is 396 g/mol. The normalized spacial score (nSPS) is 13.3. The quantitative estimate of drug-likeness (QED) is 0.430. The van der Waals surface area contributed by atoms with Gasteiger partial charge in [-0.1, -0.05) is 6.07 Å². The molecule has 0 atom stereocenters. The number of fused-ring (bicyclic) bond motifs is 1. The van der Waals surface area contributed by atoms with E-state index in [1.807, 2.05) is 6.07 Å². The molecule has 0 heterocycles. The lowest BCUT2D eigenvalue weighted by molar-refractivity contribution is -0.138. The largest absolute Gasteiger partial charge is 0.491 e. The van der Waals surface area contributed by atoms with Gasteiger partial charge < -0.3 is 28.8 Å². The number of aryl methyl sites for hydroxylation is 2. The SMILES string of the molecule is O=C(O)CCOCCOCCOCCOCCOc1ccc2c(c1)CCCC2. The molecule has 1 aliphatic rings. The van der Waals surface area contributed by atoms with Gasteiger partial charge in [-0.3, -0.25) is 4.79 Å².